The van der Waals surface area contributed by atoms with E-state index in [1.807, 2.05) is 0 Å². The van der Waals surface area contributed by atoms with Gasteiger partial charge in [0.25, 0.3) is 5.69 Å². The molecule has 2 amide bonds. The van der Waals surface area contributed by atoms with Crippen LogP contribution < -0.4 is 11.1 Å². The lowest BCUT2D eigenvalue weighted by atomic mass is 9.89. The Kier molecular flexibility index (Phi) is 5.68. The zero-order valence-electron chi connectivity index (χ0n) is 13.4. The SMILES string of the molecule is NC(=O)C1(NC(=O)/C=C\c2ccc([N+](=O)[O-])cc2)CCCCCC1. The van der Waals surface area contributed by atoms with Gasteiger partial charge in [0.05, 0.1) is 4.92 Å². The molecule has 7 heteroatoms. The molecular formula is C17H21N3O4. The lowest BCUT2D eigenvalue weighted by Gasteiger charge is -2.29. The van der Waals surface area contributed by atoms with Crippen LogP contribution in [0.3, 0.4) is 0 Å². The first kappa shape index (κ1) is 17.7. The molecule has 1 fully saturated rings. The smallest absolute Gasteiger partial charge is 0.269 e. The third kappa shape index (κ3) is 4.41. The van der Waals surface area contributed by atoms with Gasteiger partial charge in [0, 0.05) is 18.2 Å². The van der Waals surface area contributed by atoms with Crippen molar-refractivity contribution in [3.63, 3.8) is 0 Å². The molecule has 0 spiro atoms. The fourth-order valence-electron chi connectivity index (χ4n) is 2.92. The van der Waals surface area contributed by atoms with Gasteiger partial charge in [-0.25, -0.2) is 0 Å². The minimum Gasteiger partial charge on any atom is -0.368 e. The molecular weight excluding hydrogens is 310 g/mol. The number of hydrogen-bond donors (Lipinski definition) is 2. The third-order valence-electron chi connectivity index (χ3n) is 4.32. The van der Waals surface area contributed by atoms with E-state index in [1.54, 1.807) is 18.2 Å². The number of non-ortho nitro benzene ring substituents is 1. The van der Waals surface area contributed by atoms with Crippen molar-refractivity contribution >= 4 is 23.6 Å². The van der Waals surface area contributed by atoms with Crippen molar-refractivity contribution in [1.29, 1.82) is 0 Å². The standard InChI is InChI=1S/C17H21N3O4/c18-16(22)17(11-3-1-2-4-12-17)19-15(21)10-7-13-5-8-14(9-6-13)20(23)24/h5-10H,1-4,11-12H2,(H2,18,22)(H,19,21)/b10-7-. The summed E-state index contributed by atoms with van der Waals surface area (Å²) in [5.74, 6) is -0.893. The topological polar surface area (TPSA) is 115 Å². The van der Waals surface area contributed by atoms with E-state index in [2.05, 4.69) is 5.32 Å². The number of hydrogen-bond acceptors (Lipinski definition) is 4. The van der Waals surface area contributed by atoms with Crippen molar-refractivity contribution in [2.75, 3.05) is 0 Å². The first-order chi connectivity index (χ1) is 11.4. The molecule has 0 aromatic heterocycles. The summed E-state index contributed by atoms with van der Waals surface area (Å²) in [6, 6.07) is 5.84. The fraction of sp³-hybridized carbons (Fsp3) is 0.412. The minimum absolute atomic E-state index is 0.0114. The number of nitro groups is 1. The maximum absolute atomic E-state index is 12.2. The van der Waals surface area contributed by atoms with Crippen molar-refractivity contribution < 1.29 is 14.5 Å². The molecule has 0 saturated heterocycles. The number of nitrogens with one attached hydrogen (secondary N) is 1. The van der Waals surface area contributed by atoms with Gasteiger partial charge >= 0.3 is 0 Å². The highest BCUT2D eigenvalue weighted by atomic mass is 16.6. The predicted molar refractivity (Wildman–Crippen MR) is 89.9 cm³/mol. The number of nitrogens with zero attached hydrogens (tertiary/aromatic N) is 1. The molecule has 0 heterocycles. The number of amides is 2. The zero-order chi connectivity index (χ0) is 17.6. The average molecular weight is 331 g/mol. The van der Waals surface area contributed by atoms with Gasteiger partial charge in [0.1, 0.15) is 5.54 Å². The maximum Gasteiger partial charge on any atom is 0.269 e. The molecule has 3 N–H and O–H groups in total. The second-order valence-electron chi connectivity index (χ2n) is 6.03. The Bertz CT molecular complexity index is 644. The maximum atomic E-state index is 12.2. The van der Waals surface area contributed by atoms with Gasteiger partial charge in [0.2, 0.25) is 11.8 Å². The van der Waals surface area contributed by atoms with Crippen LogP contribution in [0.25, 0.3) is 6.08 Å². The van der Waals surface area contributed by atoms with E-state index in [-0.39, 0.29) is 5.69 Å². The van der Waals surface area contributed by atoms with Gasteiger partial charge in [-0.1, -0.05) is 25.7 Å². The average Bonchev–Trinajstić information content (AvgIpc) is 2.80. The summed E-state index contributed by atoms with van der Waals surface area (Å²) in [6.07, 6.45) is 7.75. The molecule has 128 valence electrons. The number of nitro benzene ring substituents is 1. The summed E-state index contributed by atoms with van der Waals surface area (Å²) >= 11 is 0. The lowest BCUT2D eigenvalue weighted by Crippen LogP contribution is -2.56. The summed E-state index contributed by atoms with van der Waals surface area (Å²) < 4.78 is 0. The minimum atomic E-state index is -0.979. The van der Waals surface area contributed by atoms with Crippen molar-refractivity contribution in [3.8, 4) is 0 Å². The van der Waals surface area contributed by atoms with Crippen LogP contribution in [0.5, 0.6) is 0 Å². The van der Waals surface area contributed by atoms with Crippen molar-refractivity contribution in [2.24, 2.45) is 5.73 Å². The van der Waals surface area contributed by atoms with E-state index in [9.17, 15) is 19.7 Å². The molecule has 0 atom stereocenters. The van der Waals surface area contributed by atoms with Gasteiger partial charge in [0.15, 0.2) is 0 Å². The van der Waals surface area contributed by atoms with Crippen LogP contribution in [0, 0.1) is 10.1 Å². The Labute approximate surface area is 140 Å². The Morgan fingerprint density at radius 1 is 1.12 bits per heavy atom. The highest BCUT2D eigenvalue weighted by Crippen LogP contribution is 2.27. The van der Waals surface area contributed by atoms with Crippen LogP contribution in [0.4, 0.5) is 5.69 Å². The van der Waals surface area contributed by atoms with Gasteiger partial charge in [-0.2, -0.15) is 0 Å². The first-order valence-corrected chi connectivity index (χ1v) is 7.97. The molecule has 1 aromatic carbocycles. The Hall–Kier alpha value is -2.70. The quantitative estimate of drug-likeness (QED) is 0.373. The van der Waals surface area contributed by atoms with Crippen LogP contribution in [0.15, 0.2) is 30.3 Å². The van der Waals surface area contributed by atoms with Gasteiger partial charge in [-0.05, 0) is 36.6 Å². The van der Waals surface area contributed by atoms with Crippen LogP contribution in [-0.4, -0.2) is 22.3 Å². The van der Waals surface area contributed by atoms with Crippen molar-refractivity contribution in [1.82, 2.24) is 5.32 Å². The number of carbonyl (C=O) groups excluding carboxylic acids is 2. The summed E-state index contributed by atoms with van der Waals surface area (Å²) in [7, 11) is 0. The van der Waals surface area contributed by atoms with Crippen LogP contribution in [-0.2, 0) is 9.59 Å². The largest absolute Gasteiger partial charge is 0.368 e. The first-order valence-electron chi connectivity index (χ1n) is 7.97. The molecule has 1 saturated carbocycles. The molecule has 0 bridgehead atoms. The predicted octanol–water partition coefficient (Wildman–Crippen LogP) is 2.30. The molecule has 0 aliphatic heterocycles. The molecule has 24 heavy (non-hydrogen) atoms. The molecule has 2 rings (SSSR count). The number of carbonyl (C=O) groups is 2. The van der Waals surface area contributed by atoms with Crippen molar-refractivity contribution in [2.45, 2.75) is 44.1 Å². The molecule has 1 aliphatic rings. The Morgan fingerprint density at radius 3 is 2.21 bits per heavy atom. The number of primary amides is 1. The van der Waals surface area contributed by atoms with Crippen LogP contribution in [0.1, 0.15) is 44.1 Å². The Balaban J connectivity index is 2.04. The normalized spacial score (nSPS) is 17.2. The second-order valence-corrected chi connectivity index (χ2v) is 6.03. The number of benzene rings is 1. The molecule has 1 aromatic rings. The highest BCUT2D eigenvalue weighted by molar-refractivity contribution is 5.97. The van der Waals surface area contributed by atoms with Crippen LogP contribution >= 0.6 is 0 Å². The van der Waals surface area contributed by atoms with Gasteiger partial charge in [-0.15, -0.1) is 0 Å². The van der Waals surface area contributed by atoms with E-state index in [4.69, 9.17) is 5.73 Å². The van der Waals surface area contributed by atoms with Crippen molar-refractivity contribution in [3.05, 3.63) is 46.0 Å². The fourth-order valence-corrected chi connectivity index (χ4v) is 2.92. The third-order valence-corrected chi connectivity index (χ3v) is 4.32. The summed E-state index contributed by atoms with van der Waals surface area (Å²) in [4.78, 5) is 34.2. The highest BCUT2D eigenvalue weighted by Gasteiger charge is 2.37. The number of nitrogens with two attached hydrogens (primary N) is 1. The molecule has 7 nitrogen and oxygen atoms in total. The van der Waals surface area contributed by atoms with E-state index in [0.717, 1.165) is 25.7 Å². The van der Waals surface area contributed by atoms with Gasteiger partial charge < -0.3 is 11.1 Å². The number of rotatable bonds is 5. The van der Waals surface area contributed by atoms with Crippen LogP contribution in [0.2, 0.25) is 0 Å². The Morgan fingerprint density at radius 2 is 1.71 bits per heavy atom. The van der Waals surface area contributed by atoms with Gasteiger partial charge in [-0.3, -0.25) is 19.7 Å². The van der Waals surface area contributed by atoms with E-state index in [0.29, 0.717) is 18.4 Å². The molecule has 1 aliphatic carbocycles. The molecule has 0 unspecified atom stereocenters. The van der Waals surface area contributed by atoms with E-state index < -0.39 is 22.3 Å². The summed E-state index contributed by atoms with van der Waals surface area (Å²) in [6.45, 7) is 0. The molecule has 0 radical (unpaired) electrons. The lowest BCUT2D eigenvalue weighted by molar-refractivity contribution is -0.384. The van der Waals surface area contributed by atoms with E-state index >= 15 is 0 Å². The summed E-state index contributed by atoms with van der Waals surface area (Å²) in [5.41, 5.74) is 5.20. The zero-order valence-corrected chi connectivity index (χ0v) is 13.4. The van der Waals surface area contributed by atoms with E-state index in [1.165, 1.54) is 18.2 Å². The monoisotopic (exact) mass is 331 g/mol. The second kappa shape index (κ2) is 7.72. The summed E-state index contributed by atoms with van der Waals surface area (Å²) in [5, 5.41) is 13.4.